The molecule has 0 bridgehead atoms. The summed E-state index contributed by atoms with van der Waals surface area (Å²) < 4.78 is 13.8. The van der Waals surface area contributed by atoms with E-state index in [1.165, 1.54) is 17.2 Å². The summed E-state index contributed by atoms with van der Waals surface area (Å²) in [5.41, 5.74) is 3.34. The van der Waals surface area contributed by atoms with Crippen molar-refractivity contribution in [3.8, 4) is 6.07 Å². The average molecular weight is 268 g/mol. The Morgan fingerprint density at radius 1 is 1.25 bits per heavy atom. The molecule has 102 valence electrons. The first-order valence-electron chi connectivity index (χ1n) is 6.59. The normalized spacial score (nSPS) is 11.9. The minimum Gasteiger partial charge on any atom is -0.306 e. The third kappa shape index (κ3) is 3.23. The summed E-state index contributed by atoms with van der Waals surface area (Å²) in [6.45, 7) is 4.56. The van der Waals surface area contributed by atoms with E-state index in [4.69, 9.17) is 5.26 Å². The van der Waals surface area contributed by atoms with Gasteiger partial charge in [0.2, 0.25) is 0 Å². The smallest absolute Gasteiger partial charge is 0.129 e. The Kier molecular flexibility index (Phi) is 4.49. The second kappa shape index (κ2) is 6.31. The maximum Gasteiger partial charge on any atom is 0.129 e. The Bertz CT molecular complexity index is 644. The largest absolute Gasteiger partial charge is 0.306 e. The number of nitrogens with one attached hydrogen (secondary N) is 1. The van der Waals surface area contributed by atoms with Gasteiger partial charge in [0.15, 0.2) is 0 Å². The standard InChI is InChI=1S/C17H17FN2/c1-12-5-3-4-6-16(12)13(2)20-11-15-8-7-14(10-19)9-17(15)18/h3-9,13,20H,11H2,1-2H3/t13-/m0/s1. The molecule has 0 radical (unpaired) electrons. The van der Waals surface area contributed by atoms with Crippen molar-refractivity contribution in [1.29, 1.82) is 5.26 Å². The van der Waals surface area contributed by atoms with Crippen molar-refractivity contribution >= 4 is 0 Å². The molecule has 0 fully saturated rings. The van der Waals surface area contributed by atoms with Crippen LogP contribution in [0.4, 0.5) is 4.39 Å². The Balaban J connectivity index is 2.06. The van der Waals surface area contributed by atoms with E-state index < -0.39 is 0 Å². The van der Waals surface area contributed by atoms with Crippen molar-refractivity contribution in [2.75, 3.05) is 0 Å². The van der Waals surface area contributed by atoms with Crippen LogP contribution in [0.25, 0.3) is 0 Å². The molecule has 3 heteroatoms. The van der Waals surface area contributed by atoms with Crippen LogP contribution in [-0.2, 0) is 6.54 Å². The van der Waals surface area contributed by atoms with E-state index >= 15 is 0 Å². The maximum atomic E-state index is 13.8. The van der Waals surface area contributed by atoms with E-state index in [2.05, 4.69) is 31.3 Å². The van der Waals surface area contributed by atoms with Crippen LogP contribution in [0.5, 0.6) is 0 Å². The molecule has 0 aromatic heterocycles. The lowest BCUT2D eigenvalue weighted by molar-refractivity contribution is 0.542. The monoisotopic (exact) mass is 268 g/mol. The number of nitrogens with zero attached hydrogens (tertiary/aromatic N) is 1. The molecule has 0 aliphatic carbocycles. The van der Waals surface area contributed by atoms with Gasteiger partial charge in [0.1, 0.15) is 5.82 Å². The van der Waals surface area contributed by atoms with Gasteiger partial charge in [-0.2, -0.15) is 5.26 Å². The first-order chi connectivity index (χ1) is 9.61. The van der Waals surface area contributed by atoms with Crippen LogP contribution in [0.3, 0.4) is 0 Å². The molecule has 0 aliphatic heterocycles. The zero-order valence-electron chi connectivity index (χ0n) is 11.7. The van der Waals surface area contributed by atoms with E-state index in [0.717, 1.165) is 0 Å². The SMILES string of the molecule is Cc1ccccc1[C@H](C)NCc1ccc(C#N)cc1F. The molecular weight excluding hydrogens is 251 g/mol. The number of aryl methyl sites for hydroxylation is 1. The van der Waals surface area contributed by atoms with Crippen LogP contribution in [0, 0.1) is 24.1 Å². The summed E-state index contributed by atoms with van der Waals surface area (Å²) in [5.74, 6) is -0.339. The van der Waals surface area contributed by atoms with Crippen molar-refractivity contribution in [3.05, 3.63) is 70.5 Å². The molecule has 0 saturated carbocycles. The zero-order chi connectivity index (χ0) is 14.5. The fraction of sp³-hybridized carbons (Fsp3) is 0.235. The van der Waals surface area contributed by atoms with Crippen molar-refractivity contribution < 1.29 is 4.39 Å². The Morgan fingerprint density at radius 2 is 2.00 bits per heavy atom. The Hall–Kier alpha value is -2.18. The van der Waals surface area contributed by atoms with Crippen LogP contribution >= 0.6 is 0 Å². The van der Waals surface area contributed by atoms with Crippen molar-refractivity contribution in [2.45, 2.75) is 26.4 Å². The van der Waals surface area contributed by atoms with Crippen LogP contribution in [0.2, 0.25) is 0 Å². The highest BCUT2D eigenvalue weighted by Gasteiger charge is 2.09. The van der Waals surface area contributed by atoms with Gasteiger partial charge in [-0.3, -0.25) is 0 Å². The molecule has 0 aliphatic rings. The van der Waals surface area contributed by atoms with Gasteiger partial charge < -0.3 is 5.32 Å². The molecule has 0 unspecified atom stereocenters. The second-order valence-corrected chi connectivity index (χ2v) is 4.88. The lowest BCUT2D eigenvalue weighted by Crippen LogP contribution is -2.19. The maximum absolute atomic E-state index is 13.8. The van der Waals surface area contributed by atoms with E-state index in [0.29, 0.717) is 17.7 Å². The topological polar surface area (TPSA) is 35.8 Å². The average Bonchev–Trinajstić information content (AvgIpc) is 2.46. The molecule has 2 aromatic rings. The van der Waals surface area contributed by atoms with E-state index in [1.54, 1.807) is 12.1 Å². The molecule has 0 saturated heterocycles. The molecule has 2 nitrogen and oxygen atoms in total. The predicted molar refractivity (Wildman–Crippen MR) is 77.5 cm³/mol. The molecular formula is C17H17FN2. The lowest BCUT2D eigenvalue weighted by atomic mass is 10.0. The highest BCUT2D eigenvalue weighted by molar-refractivity contribution is 5.33. The van der Waals surface area contributed by atoms with Crippen molar-refractivity contribution in [2.24, 2.45) is 0 Å². The van der Waals surface area contributed by atoms with Gasteiger partial charge in [-0.15, -0.1) is 0 Å². The van der Waals surface area contributed by atoms with E-state index in [1.807, 2.05) is 18.2 Å². The van der Waals surface area contributed by atoms with Gasteiger partial charge in [0, 0.05) is 18.2 Å². The summed E-state index contributed by atoms with van der Waals surface area (Å²) in [6.07, 6.45) is 0. The lowest BCUT2D eigenvalue weighted by Gasteiger charge is -2.16. The number of nitriles is 1. The van der Waals surface area contributed by atoms with Crippen molar-refractivity contribution in [1.82, 2.24) is 5.32 Å². The van der Waals surface area contributed by atoms with Gasteiger partial charge in [0.25, 0.3) is 0 Å². The van der Waals surface area contributed by atoms with Gasteiger partial charge in [0.05, 0.1) is 11.6 Å². The first kappa shape index (κ1) is 14.2. The minimum atomic E-state index is -0.339. The Labute approximate surface area is 118 Å². The highest BCUT2D eigenvalue weighted by Crippen LogP contribution is 2.18. The minimum absolute atomic E-state index is 0.145. The van der Waals surface area contributed by atoms with Crippen LogP contribution in [0.15, 0.2) is 42.5 Å². The van der Waals surface area contributed by atoms with Crippen molar-refractivity contribution in [3.63, 3.8) is 0 Å². The summed E-state index contributed by atoms with van der Waals surface area (Å²) in [4.78, 5) is 0. The van der Waals surface area contributed by atoms with Crippen LogP contribution < -0.4 is 5.32 Å². The van der Waals surface area contributed by atoms with Crippen LogP contribution in [-0.4, -0.2) is 0 Å². The third-order valence-electron chi connectivity index (χ3n) is 3.44. The third-order valence-corrected chi connectivity index (χ3v) is 3.44. The van der Waals surface area contributed by atoms with E-state index in [-0.39, 0.29) is 11.9 Å². The zero-order valence-corrected chi connectivity index (χ0v) is 11.7. The summed E-state index contributed by atoms with van der Waals surface area (Å²) in [7, 11) is 0. The quantitative estimate of drug-likeness (QED) is 0.914. The fourth-order valence-corrected chi connectivity index (χ4v) is 2.21. The molecule has 20 heavy (non-hydrogen) atoms. The molecule has 1 N–H and O–H groups in total. The van der Waals surface area contributed by atoms with Gasteiger partial charge >= 0.3 is 0 Å². The van der Waals surface area contributed by atoms with Gasteiger partial charge in [-0.25, -0.2) is 4.39 Å². The second-order valence-electron chi connectivity index (χ2n) is 4.88. The Morgan fingerprint density at radius 3 is 2.65 bits per heavy atom. The number of hydrogen-bond acceptors (Lipinski definition) is 2. The van der Waals surface area contributed by atoms with Crippen LogP contribution in [0.1, 0.15) is 35.2 Å². The highest BCUT2D eigenvalue weighted by atomic mass is 19.1. The molecule has 2 rings (SSSR count). The number of hydrogen-bond donors (Lipinski definition) is 1. The number of benzene rings is 2. The first-order valence-corrected chi connectivity index (χ1v) is 6.59. The van der Waals surface area contributed by atoms with Gasteiger partial charge in [-0.1, -0.05) is 30.3 Å². The summed E-state index contributed by atoms with van der Waals surface area (Å²) in [6, 6.07) is 14.8. The van der Waals surface area contributed by atoms with Gasteiger partial charge in [-0.05, 0) is 37.1 Å². The predicted octanol–water partition coefficient (Wildman–Crippen LogP) is 3.86. The molecule has 0 heterocycles. The van der Waals surface area contributed by atoms with E-state index in [9.17, 15) is 4.39 Å². The number of rotatable bonds is 4. The summed E-state index contributed by atoms with van der Waals surface area (Å²) >= 11 is 0. The molecule has 2 aromatic carbocycles. The number of halogens is 1. The fourth-order valence-electron chi connectivity index (χ4n) is 2.21. The summed E-state index contributed by atoms with van der Waals surface area (Å²) in [5, 5.41) is 12.0. The molecule has 0 spiro atoms. The molecule has 1 atom stereocenters. The molecule has 0 amide bonds.